The Hall–Kier alpha value is -3.64. The molecule has 0 saturated carbocycles. The fourth-order valence-corrected chi connectivity index (χ4v) is 4.62. The maximum absolute atomic E-state index is 12.6. The van der Waals surface area contributed by atoms with Crippen molar-refractivity contribution in [3.63, 3.8) is 0 Å². The molecule has 158 valence electrons. The third-order valence-corrected chi connectivity index (χ3v) is 6.57. The first-order valence-electron chi connectivity index (χ1n) is 10.4. The second kappa shape index (κ2) is 8.85. The van der Waals surface area contributed by atoms with E-state index in [0.29, 0.717) is 6.42 Å². The summed E-state index contributed by atoms with van der Waals surface area (Å²) in [5.41, 5.74) is 2.03. The van der Waals surface area contributed by atoms with Crippen molar-refractivity contribution in [2.24, 2.45) is 7.05 Å². The molecular formula is C26H22N4OS. The van der Waals surface area contributed by atoms with Crippen molar-refractivity contribution >= 4 is 44.9 Å². The van der Waals surface area contributed by atoms with Gasteiger partial charge >= 0.3 is 0 Å². The second-order valence-electron chi connectivity index (χ2n) is 7.64. The summed E-state index contributed by atoms with van der Waals surface area (Å²) in [6.07, 6.45) is 0.688. The van der Waals surface area contributed by atoms with E-state index in [9.17, 15) is 4.79 Å². The number of carbonyl (C=O) groups is 1. The minimum atomic E-state index is -0.0649. The molecule has 32 heavy (non-hydrogen) atoms. The van der Waals surface area contributed by atoms with E-state index in [-0.39, 0.29) is 11.7 Å². The lowest BCUT2D eigenvalue weighted by Gasteiger charge is -2.09. The van der Waals surface area contributed by atoms with Gasteiger partial charge in [-0.15, -0.1) is 10.2 Å². The van der Waals surface area contributed by atoms with E-state index >= 15 is 0 Å². The fraction of sp³-hybridized carbons (Fsp3) is 0.115. The number of nitrogens with zero attached hydrogens (tertiary/aromatic N) is 3. The van der Waals surface area contributed by atoms with Gasteiger partial charge in [0.25, 0.3) is 0 Å². The van der Waals surface area contributed by atoms with Gasteiger partial charge in [-0.05, 0) is 27.8 Å². The molecule has 1 amide bonds. The molecule has 0 fully saturated rings. The number of benzene rings is 4. The minimum Gasteiger partial charge on any atom is -0.325 e. The van der Waals surface area contributed by atoms with Crippen molar-refractivity contribution in [3.8, 4) is 0 Å². The highest BCUT2D eigenvalue weighted by molar-refractivity contribution is 7.99. The number of hydrogen-bond donors (Lipinski definition) is 1. The van der Waals surface area contributed by atoms with Crippen molar-refractivity contribution in [1.29, 1.82) is 0 Å². The Morgan fingerprint density at radius 3 is 2.31 bits per heavy atom. The lowest BCUT2D eigenvalue weighted by molar-refractivity contribution is -0.113. The molecule has 1 aromatic heterocycles. The lowest BCUT2D eigenvalue weighted by atomic mass is 10.0. The normalized spacial score (nSPS) is 11.2. The molecule has 0 atom stereocenters. The van der Waals surface area contributed by atoms with Crippen LogP contribution in [-0.2, 0) is 18.3 Å². The van der Waals surface area contributed by atoms with Crippen molar-refractivity contribution < 1.29 is 4.79 Å². The highest BCUT2D eigenvalue weighted by atomic mass is 32.2. The zero-order valence-electron chi connectivity index (χ0n) is 17.7. The number of aromatic nitrogens is 3. The molecule has 1 N–H and O–H groups in total. The van der Waals surface area contributed by atoms with Crippen LogP contribution in [0.25, 0.3) is 21.5 Å². The van der Waals surface area contributed by atoms with Crippen molar-refractivity contribution in [3.05, 3.63) is 96.3 Å². The van der Waals surface area contributed by atoms with Gasteiger partial charge in [0.15, 0.2) is 5.16 Å². The molecule has 1 heterocycles. The van der Waals surface area contributed by atoms with Gasteiger partial charge in [-0.3, -0.25) is 4.79 Å². The predicted octanol–water partition coefficient (Wildman–Crippen LogP) is 5.44. The zero-order valence-corrected chi connectivity index (χ0v) is 18.5. The number of fused-ring (bicyclic) bond motifs is 2. The SMILES string of the molecule is Cn1c(Cc2cccc3ccccc23)nnc1SCC(=O)Nc1cccc2ccccc12. The quantitative estimate of drug-likeness (QED) is 0.359. The molecule has 5 rings (SSSR count). The van der Waals surface area contributed by atoms with Gasteiger partial charge in [-0.25, -0.2) is 0 Å². The molecule has 0 aliphatic carbocycles. The highest BCUT2D eigenvalue weighted by Gasteiger charge is 2.14. The van der Waals surface area contributed by atoms with Gasteiger partial charge in [0, 0.05) is 24.5 Å². The largest absolute Gasteiger partial charge is 0.325 e. The molecule has 0 aliphatic rings. The van der Waals surface area contributed by atoms with Crippen LogP contribution in [0.4, 0.5) is 5.69 Å². The van der Waals surface area contributed by atoms with Crippen LogP contribution in [0.15, 0.2) is 90.1 Å². The van der Waals surface area contributed by atoms with Crippen molar-refractivity contribution in [1.82, 2.24) is 14.8 Å². The first-order chi connectivity index (χ1) is 15.7. The average molecular weight is 439 g/mol. The van der Waals surface area contributed by atoms with Gasteiger partial charge in [0.05, 0.1) is 5.75 Å². The van der Waals surface area contributed by atoms with Crippen LogP contribution >= 0.6 is 11.8 Å². The number of anilines is 1. The molecule has 5 aromatic rings. The maximum Gasteiger partial charge on any atom is 0.234 e. The molecule has 5 nitrogen and oxygen atoms in total. The number of hydrogen-bond acceptors (Lipinski definition) is 4. The van der Waals surface area contributed by atoms with Crippen molar-refractivity contribution in [2.45, 2.75) is 11.6 Å². The van der Waals surface area contributed by atoms with Crippen LogP contribution < -0.4 is 5.32 Å². The van der Waals surface area contributed by atoms with Crippen LogP contribution in [0.2, 0.25) is 0 Å². The second-order valence-corrected chi connectivity index (χ2v) is 8.58. The number of amides is 1. The Balaban J connectivity index is 1.27. The molecule has 4 aromatic carbocycles. The molecule has 0 bridgehead atoms. The highest BCUT2D eigenvalue weighted by Crippen LogP contribution is 2.25. The molecular weight excluding hydrogens is 416 g/mol. The van der Waals surface area contributed by atoms with E-state index in [2.05, 4.69) is 51.9 Å². The average Bonchev–Trinajstić information content (AvgIpc) is 3.17. The number of thioether (sulfide) groups is 1. The van der Waals surface area contributed by atoms with Gasteiger partial charge in [-0.2, -0.15) is 0 Å². The van der Waals surface area contributed by atoms with Crippen LogP contribution in [0.5, 0.6) is 0 Å². The van der Waals surface area contributed by atoms with Gasteiger partial charge in [0.1, 0.15) is 5.82 Å². The summed E-state index contributed by atoms with van der Waals surface area (Å²) in [5, 5.41) is 17.0. The van der Waals surface area contributed by atoms with Gasteiger partial charge in [0.2, 0.25) is 5.91 Å². The zero-order chi connectivity index (χ0) is 21.9. The first kappa shape index (κ1) is 20.3. The monoisotopic (exact) mass is 438 g/mol. The van der Waals surface area contributed by atoms with Crippen LogP contribution in [0.3, 0.4) is 0 Å². The van der Waals surface area contributed by atoms with Crippen LogP contribution in [0.1, 0.15) is 11.4 Å². The fourth-order valence-electron chi connectivity index (χ4n) is 3.89. The van der Waals surface area contributed by atoms with E-state index < -0.39 is 0 Å². The minimum absolute atomic E-state index is 0.0649. The summed E-state index contributed by atoms with van der Waals surface area (Å²) >= 11 is 1.39. The molecule has 0 spiro atoms. The molecule has 0 unspecified atom stereocenters. The summed E-state index contributed by atoms with van der Waals surface area (Å²) in [4.78, 5) is 12.6. The Labute approximate surface area is 190 Å². The van der Waals surface area contributed by atoms with Crippen LogP contribution in [-0.4, -0.2) is 26.4 Å². The molecule has 0 saturated heterocycles. The third-order valence-electron chi connectivity index (χ3n) is 5.55. The predicted molar refractivity (Wildman–Crippen MR) is 131 cm³/mol. The van der Waals surface area contributed by atoms with E-state index in [0.717, 1.165) is 27.4 Å². The van der Waals surface area contributed by atoms with E-state index in [1.54, 1.807) is 0 Å². The number of carbonyl (C=O) groups excluding carboxylic acids is 1. The van der Waals surface area contributed by atoms with Gasteiger partial charge in [-0.1, -0.05) is 90.6 Å². The molecule has 0 aliphatic heterocycles. The van der Waals surface area contributed by atoms with E-state index in [1.807, 2.05) is 60.1 Å². The van der Waals surface area contributed by atoms with Crippen LogP contribution in [0, 0.1) is 0 Å². The molecule has 6 heteroatoms. The van der Waals surface area contributed by atoms with E-state index in [1.165, 1.54) is 28.1 Å². The molecule has 0 radical (unpaired) electrons. The Morgan fingerprint density at radius 1 is 0.844 bits per heavy atom. The summed E-state index contributed by atoms with van der Waals surface area (Å²) in [6, 6.07) is 28.6. The third kappa shape index (κ3) is 4.09. The first-order valence-corrected chi connectivity index (χ1v) is 11.4. The van der Waals surface area contributed by atoms with Gasteiger partial charge < -0.3 is 9.88 Å². The summed E-state index contributed by atoms with van der Waals surface area (Å²) in [6.45, 7) is 0. The summed E-state index contributed by atoms with van der Waals surface area (Å²) in [7, 11) is 1.95. The lowest BCUT2D eigenvalue weighted by Crippen LogP contribution is -2.14. The number of nitrogens with one attached hydrogen (secondary N) is 1. The standard InChI is InChI=1S/C26H22N4OS/c1-30-24(16-20-12-6-10-18-8-2-4-13-21(18)20)28-29-26(30)32-17-25(31)27-23-15-7-11-19-9-3-5-14-22(19)23/h2-15H,16-17H2,1H3,(H,27,31). The van der Waals surface area contributed by atoms with E-state index in [4.69, 9.17) is 0 Å². The summed E-state index contributed by atoms with van der Waals surface area (Å²) in [5.74, 6) is 1.08. The Bertz CT molecular complexity index is 1420. The Kier molecular flexibility index (Phi) is 5.60. The van der Waals surface area contributed by atoms with Crippen molar-refractivity contribution in [2.75, 3.05) is 11.1 Å². The summed E-state index contributed by atoms with van der Waals surface area (Å²) < 4.78 is 1.97. The Morgan fingerprint density at radius 2 is 1.50 bits per heavy atom. The smallest absolute Gasteiger partial charge is 0.234 e. The number of rotatable bonds is 6. The topological polar surface area (TPSA) is 59.8 Å². The maximum atomic E-state index is 12.6.